The molecule has 1 aromatic rings. The van der Waals surface area contributed by atoms with Crippen LogP contribution in [0.25, 0.3) is 0 Å². The van der Waals surface area contributed by atoms with E-state index in [1.165, 1.54) is 6.21 Å². The third-order valence-electron chi connectivity index (χ3n) is 6.42. The van der Waals surface area contributed by atoms with Gasteiger partial charge in [-0.05, 0) is 97.1 Å². The van der Waals surface area contributed by atoms with Crippen LogP contribution >= 0.6 is 0 Å². The van der Waals surface area contributed by atoms with E-state index >= 15 is 0 Å². The number of nitrogens with zero attached hydrogens (tertiary/aromatic N) is 2. The summed E-state index contributed by atoms with van der Waals surface area (Å²) < 4.78 is 17.1. The largest absolute Gasteiger partial charge is 0.493 e. The lowest BCUT2D eigenvalue weighted by Gasteiger charge is -2.42. The highest BCUT2D eigenvalue weighted by Gasteiger charge is 2.36. The first-order valence-corrected chi connectivity index (χ1v) is 12.6. The lowest BCUT2D eigenvalue weighted by molar-refractivity contribution is -0.142. The summed E-state index contributed by atoms with van der Waals surface area (Å²) in [5, 5.41) is 7.70. The standard InChI is InChI=1S/C29H43N3O4/c1-10-23(17-30)22(6)31-27(28(33)32-13-14-35-18-29(32,7)8)20(4)11-12-24-16-25(34-9)26(15-21(24)5)36-19(2)3/h10,15-17,19,30H,11-14,18H2,1-9H3/b23-10-,27-20+,30-17?,31-22-. The molecule has 0 aliphatic carbocycles. The van der Waals surface area contributed by atoms with Crippen LogP contribution in [0, 0.1) is 12.3 Å². The molecule has 198 valence electrons. The van der Waals surface area contributed by atoms with E-state index in [0.29, 0.717) is 48.9 Å². The Balaban J connectivity index is 2.45. The molecule has 7 nitrogen and oxygen atoms in total. The van der Waals surface area contributed by atoms with Crippen molar-refractivity contribution in [1.29, 1.82) is 5.41 Å². The number of methoxy groups -OCH3 is 1. The molecule has 1 aromatic carbocycles. The van der Waals surface area contributed by atoms with Crippen LogP contribution < -0.4 is 9.47 Å². The van der Waals surface area contributed by atoms with Gasteiger partial charge in [-0.15, -0.1) is 0 Å². The zero-order valence-corrected chi connectivity index (χ0v) is 23.4. The molecule has 0 radical (unpaired) electrons. The number of benzene rings is 1. The monoisotopic (exact) mass is 497 g/mol. The van der Waals surface area contributed by atoms with E-state index in [0.717, 1.165) is 28.9 Å². The zero-order chi connectivity index (χ0) is 27.0. The van der Waals surface area contributed by atoms with Crippen LogP contribution in [0.4, 0.5) is 0 Å². The van der Waals surface area contributed by atoms with Crippen molar-refractivity contribution in [2.24, 2.45) is 4.99 Å². The molecule has 7 heteroatoms. The Morgan fingerprint density at radius 3 is 2.53 bits per heavy atom. The van der Waals surface area contributed by atoms with Crippen LogP contribution in [0.3, 0.4) is 0 Å². The molecule has 0 bridgehead atoms. The maximum absolute atomic E-state index is 13.8. The molecule has 1 amide bonds. The normalized spacial score (nSPS) is 17.1. The molecule has 0 unspecified atom stereocenters. The highest BCUT2D eigenvalue weighted by molar-refractivity contribution is 6.15. The van der Waals surface area contributed by atoms with Gasteiger partial charge in [-0.2, -0.15) is 0 Å². The van der Waals surface area contributed by atoms with E-state index in [1.54, 1.807) is 7.11 Å². The van der Waals surface area contributed by atoms with E-state index in [4.69, 9.17) is 24.6 Å². The van der Waals surface area contributed by atoms with Crippen molar-refractivity contribution in [1.82, 2.24) is 4.90 Å². The molecule has 1 saturated heterocycles. The first-order chi connectivity index (χ1) is 16.9. The lowest BCUT2D eigenvalue weighted by atomic mass is 9.97. The van der Waals surface area contributed by atoms with Crippen LogP contribution in [0.2, 0.25) is 0 Å². The third kappa shape index (κ3) is 7.29. The summed E-state index contributed by atoms with van der Waals surface area (Å²) in [6.45, 7) is 17.3. The lowest BCUT2D eigenvalue weighted by Crippen LogP contribution is -2.55. The second kappa shape index (κ2) is 12.9. The molecule has 1 heterocycles. The molecule has 1 fully saturated rings. The van der Waals surface area contributed by atoms with Gasteiger partial charge in [0.05, 0.1) is 32.0 Å². The Morgan fingerprint density at radius 1 is 1.28 bits per heavy atom. The number of rotatable bonds is 10. The molecule has 1 aliphatic heterocycles. The number of ether oxygens (including phenoxy) is 3. The Hall–Kier alpha value is -2.93. The van der Waals surface area contributed by atoms with Crippen LogP contribution in [-0.2, 0) is 16.0 Å². The number of aliphatic imine (C=N–C) groups is 1. The number of aryl methyl sites for hydroxylation is 2. The molecule has 0 atom stereocenters. The van der Waals surface area contributed by atoms with Crippen molar-refractivity contribution in [3.63, 3.8) is 0 Å². The average molecular weight is 498 g/mol. The van der Waals surface area contributed by atoms with E-state index in [-0.39, 0.29) is 12.0 Å². The van der Waals surface area contributed by atoms with Crippen LogP contribution in [0.5, 0.6) is 11.5 Å². The van der Waals surface area contributed by atoms with Gasteiger partial charge in [-0.3, -0.25) is 4.79 Å². The predicted octanol–water partition coefficient (Wildman–Crippen LogP) is 5.69. The van der Waals surface area contributed by atoms with Crippen molar-refractivity contribution in [2.45, 2.75) is 79.9 Å². The molecular weight excluding hydrogens is 454 g/mol. The molecule has 0 saturated carbocycles. The van der Waals surface area contributed by atoms with Gasteiger partial charge in [0.1, 0.15) is 5.70 Å². The maximum atomic E-state index is 13.8. The van der Waals surface area contributed by atoms with Gasteiger partial charge in [0.2, 0.25) is 0 Å². The fraction of sp³-hybridized carbons (Fsp3) is 0.552. The summed E-state index contributed by atoms with van der Waals surface area (Å²) in [6.07, 6.45) is 4.54. The van der Waals surface area contributed by atoms with Gasteiger partial charge in [-0.1, -0.05) is 6.08 Å². The van der Waals surface area contributed by atoms with Crippen LogP contribution in [0.1, 0.15) is 66.0 Å². The SMILES string of the molecule is C\C=C(C=N)/C(C)=N\C(C(=O)N1CCOCC1(C)C)=C(/C)CCc1cc(OC)c(OC(C)C)cc1C. The topological polar surface area (TPSA) is 84.2 Å². The van der Waals surface area contributed by atoms with Gasteiger partial charge in [0.15, 0.2) is 11.5 Å². The summed E-state index contributed by atoms with van der Waals surface area (Å²) in [6, 6.07) is 4.04. The minimum absolute atomic E-state index is 0.0523. The van der Waals surface area contributed by atoms with Crippen LogP contribution in [-0.4, -0.2) is 61.2 Å². The van der Waals surface area contributed by atoms with Crippen LogP contribution in [0.15, 0.2) is 40.0 Å². The summed E-state index contributed by atoms with van der Waals surface area (Å²) in [4.78, 5) is 20.4. The van der Waals surface area contributed by atoms with E-state index in [2.05, 4.69) is 6.92 Å². The van der Waals surface area contributed by atoms with Crippen molar-refractivity contribution < 1.29 is 19.0 Å². The summed E-state index contributed by atoms with van der Waals surface area (Å²) >= 11 is 0. The maximum Gasteiger partial charge on any atom is 0.273 e. The van der Waals surface area contributed by atoms with Gasteiger partial charge in [0, 0.05) is 24.0 Å². The molecular formula is C29H43N3O4. The number of amides is 1. The fourth-order valence-corrected chi connectivity index (χ4v) is 4.24. The molecule has 1 aliphatic rings. The van der Waals surface area contributed by atoms with Crippen molar-refractivity contribution in [3.05, 3.63) is 46.2 Å². The van der Waals surface area contributed by atoms with Crippen molar-refractivity contribution >= 4 is 17.8 Å². The van der Waals surface area contributed by atoms with Gasteiger partial charge in [-0.25, -0.2) is 4.99 Å². The minimum atomic E-state index is -0.425. The van der Waals surface area contributed by atoms with Crippen molar-refractivity contribution in [3.8, 4) is 11.5 Å². The Bertz CT molecular complexity index is 1050. The molecule has 0 aromatic heterocycles. The number of morpholine rings is 1. The van der Waals surface area contributed by atoms with Gasteiger partial charge < -0.3 is 24.5 Å². The average Bonchev–Trinajstić information content (AvgIpc) is 2.81. The van der Waals surface area contributed by atoms with Gasteiger partial charge >= 0.3 is 0 Å². The van der Waals surface area contributed by atoms with E-state index in [9.17, 15) is 4.79 Å². The number of carbonyl (C=O) groups is 1. The molecule has 2 rings (SSSR count). The van der Waals surface area contributed by atoms with E-state index < -0.39 is 5.54 Å². The Kier molecular flexibility index (Phi) is 10.5. The summed E-state index contributed by atoms with van der Waals surface area (Å²) in [5.74, 6) is 1.34. The number of hydrogen-bond donors (Lipinski definition) is 1. The quantitative estimate of drug-likeness (QED) is 0.332. The second-order valence-corrected chi connectivity index (χ2v) is 10.1. The smallest absolute Gasteiger partial charge is 0.273 e. The second-order valence-electron chi connectivity index (χ2n) is 10.1. The molecule has 36 heavy (non-hydrogen) atoms. The zero-order valence-electron chi connectivity index (χ0n) is 23.4. The first kappa shape index (κ1) is 29.3. The minimum Gasteiger partial charge on any atom is -0.493 e. The Morgan fingerprint density at radius 2 is 1.97 bits per heavy atom. The predicted molar refractivity (Wildman–Crippen MR) is 147 cm³/mol. The highest BCUT2D eigenvalue weighted by atomic mass is 16.5. The third-order valence-corrected chi connectivity index (χ3v) is 6.42. The van der Waals surface area contributed by atoms with Gasteiger partial charge in [0.25, 0.3) is 5.91 Å². The fourth-order valence-electron chi connectivity index (χ4n) is 4.24. The molecule has 0 spiro atoms. The first-order valence-electron chi connectivity index (χ1n) is 12.6. The number of nitrogens with one attached hydrogen (secondary N) is 1. The summed E-state index contributed by atoms with van der Waals surface area (Å²) in [5.41, 5.74) is 4.50. The highest BCUT2D eigenvalue weighted by Crippen LogP contribution is 2.33. The number of allylic oxidation sites excluding steroid dienone is 3. The van der Waals surface area contributed by atoms with E-state index in [1.807, 2.05) is 71.6 Å². The number of hydrogen-bond acceptors (Lipinski definition) is 6. The van der Waals surface area contributed by atoms with Crippen molar-refractivity contribution in [2.75, 3.05) is 26.9 Å². The Labute approximate surface area is 216 Å². The number of carbonyl (C=O) groups excluding carboxylic acids is 1. The summed E-state index contributed by atoms with van der Waals surface area (Å²) in [7, 11) is 1.65. The molecule has 1 N–H and O–H groups in total.